The van der Waals surface area contributed by atoms with Gasteiger partial charge >= 0.3 is 0 Å². The molecule has 1 fully saturated rings. The summed E-state index contributed by atoms with van der Waals surface area (Å²) in [6.45, 7) is 3.11. The maximum atomic E-state index is 9.81. The van der Waals surface area contributed by atoms with E-state index >= 15 is 0 Å². The lowest BCUT2D eigenvalue weighted by atomic mass is 9.97. The summed E-state index contributed by atoms with van der Waals surface area (Å²) in [5.74, 6) is 2.47. The van der Waals surface area contributed by atoms with E-state index in [1.54, 1.807) is 25.4 Å². The molecule has 2 aromatic carbocycles. The third-order valence-electron chi connectivity index (χ3n) is 6.14. The second kappa shape index (κ2) is 10.6. The Morgan fingerprint density at radius 1 is 1.09 bits per heavy atom. The minimum Gasteiger partial charge on any atom is -0.508 e. The number of nitrogens with zero attached hydrogens (tertiary/aromatic N) is 2. The third kappa shape index (κ3) is 5.34. The zero-order chi connectivity index (χ0) is 24.1. The Kier molecular flexibility index (Phi) is 7.37. The largest absolute Gasteiger partial charge is 0.508 e. The molecule has 2 atom stereocenters. The minimum absolute atomic E-state index is 0.0467. The lowest BCUT2D eigenvalue weighted by molar-refractivity contribution is 0.0828. The maximum absolute atomic E-state index is 9.81. The van der Waals surface area contributed by atoms with E-state index in [0.717, 1.165) is 47.3 Å². The molecular weight excluding hydrogens is 432 g/mol. The first kappa shape index (κ1) is 23.6. The summed E-state index contributed by atoms with van der Waals surface area (Å²) in [6, 6.07) is 11.1. The molecule has 34 heavy (non-hydrogen) atoms. The number of ether oxygens (including phenoxy) is 3. The van der Waals surface area contributed by atoms with Crippen LogP contribution in [0.5, 0.6) is 17.2 Å². The summed E-state index contributed by atoms with van der Waals surface area (Å²) < 4.78 is 18.2. The number of nitrogens with two attached hydrogens (primary N) is 2. The first-order valence-electron chi connectivity index (χ1n) is 11.6. The molecule has 0 amide bonds. The van der Waals surface area contributed by atoms with E-state index in [1.807, 2.05) is 31.2 Å². The Balaban J connectivity index is 1.79. The number of rotatable bonds is 9. The molecule has 0 bridgehead atoms. The molecule has 5 N–H and O–H groups in total. The Hall–Kier alpha value is -3.52. The van der Waals surface area contributed by atoms with Gasteiger partial charge in [0, 0.05) is 31.2 Å². The molecule has 3 aromatic rings. The summed E-state index contributed by atoms with van der Waals surface area (Å²) in [5, 5.41) is 9.81. The van der Waals surface area contributed by atoms with E-state index in [9.17, 15) is 5.11 Å². The molecule has 1 heterocycles. The Bertz CT molecular complexity index is 1120. The smallest absolute Gasteiger partial charge is 0.221 e. The van der Waals surface area contributed by atoms with Gasteiger partial charge in [0.2, 0.25) is 5.95 Å². The van der Waals surface area contributed by atoms with Crippen molar-refractivity contribution in [3.8, 4) is 28.4 Å². The van der Waals surface area contributed by atoms with Crippen molar-refractivity contribution in [3.63, 3.8) is 0 Å². The zero-order valence-electron chi connectivity index (χ0n) is 19.7. The zero-order valence-corrected chi connectivity index (χ0v) is 19.7. The summed E-state index contributed by atoms with van der Waals surface area (Å²) in [7, 11) is 1.73. The van der Waals surface area contributed by atoms with Gasteiger partial charge in [-0.25, -0.2) is 4.98 Å². The first-order chi connectivity index (χ1) is 16.5. The van der Waals surface area contributed by atoms with Gasteiger partial charge in [-0.2, -0.15) is 4.98 Å². The number of nitrogen functional groups attached to an aromatic ring is 2. The Morgan fingerprint density at radius 3 is 2.56 bits per heavy atom. The van der Waals surface area contributed by atoms with Crippen LogP contribution >= 0.6 is 0 Å². The van der Waals surface area contributed by atoms with Crippen LogP contribution in [0, 0.1) is 5.92 Å². The molecule has 8 nitrogen and oxygen atoms in total. The molecule has 2 unspecified atom stereocenters. The normalized spacial score (nSPS) is 17.6. The van der Waals surface area contributed by atoms with Gasteiger partial charge < -0.3 is 30.8 Å². The maximum Gasteiger partial charge on any atom is 0.221 e. The van der Waals surface area contributed by atoms with Gasteiger partial charge in [0.15, 0.2) is 0 Å². The van der Waals surface area contributed by atoms with E-state index in [1.165, 1.54) is 0 Å². The quantitative estimate of drug-likeness (QED) is 0.430. The average Bonchev–Trinajstić information content (AvgIpc) is 3.24. The molecule has 8 heteroatoms. The lowest BCUT2D eigenvalue weighted by Crippen LogP contribution is -2.25. The average molecular weight is 465 g/mol. The molecule has 0 radical (unpaired) electrons. The second-order valence-electron chi connectivity index (χ2n) is 8.57. The molecule has 1 saturated carbocycles. The molecule has 1 aliphatic rings. The van der Waals surface area contributed by atoms with Crippen LogP contribution < -0.4 is 20.9 Å². The van der Waals surface area contributed by atoms with Crippen molar-refractivity contribution in [2.45, 2.75) is 38.7 Å². The van der Waals surface area contributed by atoms with E-state index < -0.39 is 0 Å². The van der Waals surface area contributed by atoms with E-state index in [0.29, 0.717) is 37.1 Å². The van der Waals surface area contributed by atoms with Crippen molar-refractivity contribution in [1.82, 2.24) is 9.97 Å². The van der Waals surface area contributed by atoms with Gasteiger partial charge in [-0.1, -0.05) is 12.1 Å². The number of phenols is 1. The van der Waals surface area contributed by atoms with E-state index in [4.69, 9.17) is 25.7 Å². The van der Waals surface area contributed by atoms with E-state index in [-0.39, 0.29) is 17.8 Å². The molecule has 0 aliphatic heterocycles. The topological polar surface area (TPSA) is 126 Å². The number of methoxy groups -OCH3 is 1. The standard InChI is InChI=1S/C26H32N4O4/c1-3-33-22-12-16(11-19-14-29-26(28)30-25(19)27)13-23(24(22)17-7-9-20(31)10-8-17)34-21-6-4-5-18(21)15-32-2/h7-10,12-14,18,21,31H,3-6,11,15H2,1-2H3,(H4,27,28,29,30). The molecular formula is C26H32N4O4. The van der Waals surface area contributed by atoms with Crippen LogP contribution in [-0.4, -0.2) is 41.5 Å². The third-order valence-corrected chi connectivity index (χ3v) is 6.14. The molecule has 0 spiro atoms. The summed E-state index contributed by atoms with van der Waals surface area (Å²) in [6.07, 6.45) is 5.35. The number of phenolic OH excluding ortho intramolecular Hbond substituents is 1. The summed E-state index contributed by atoms with van der Waals surface area (Å²) in [4.78, 5) is 8.17. The van der Waals surface area contributed by atoms with Gasteiger partial charge in [-0.3, -0.25) is 0 Å². The van der Waals surface area contributed by atoms with Crippen molar-refractivity contribution in [1.29, 1.82) is 0 Å². The summed E-state index contributed by atoms with van der Waals surface area (Å²) in [5.41, 5.74) is 15.2. The number of hydrogen-bond donors (Lipinski definition) is 3. The van der Waals surface area contributed by atoms with Crippen LogP contribution in [0.1, 0.15) is 37.3 Å². The number of aromatic hydroxyl groups is 1. The highest BCUT2D eigenvalue weighted by Crippen LogP contribution is 2.43. The fourth-order valence-corrected chi connectivity index (χ4v) is 4.54. The fraction of sp³-hybridized carbons (Fsp3) is 0.385. The fourth-order valence-electron chi connectivity index (χ4n) is 4.54. The SMILES string of the molecule is CCOc1cc(Cc2cnc(N)nc2N)cc(OC2CCCC2COC)c1-c1ccc(O)cc1. The van der Waals surface area contributed by atoms with Crippen LogP contribution in [-0.2, 0) is 11.2 Å². The molecule has 180 valence electrons. The highest BCUT2D eigenvalue weighted by Gasteiger charge is 2.30. The van der Waals surface area contributed by atoms with Gasteiger partial charge in [0.1, 0.15) is 29.2 Å². The van der Waals surface area contributed by atoms with Crippen LogP contribution in [0.3, 0.4) is 0 Å². The predicted molar refractivity (Wildman–Crippen MR) is 132 cm³/mol. The summed E-state index contributed by atoms with van der Waals surface area (Å²) >= 11 is 0. The highest BCUT2D eigenvalue weighted by atomic mass is 16.5. The van der Waals surface area contributed by atoms with Gasteiger partial charge in [-0.05, 0) is 61.6 Å². The van der Waals surface area contributed by atoms with Crippen molar-refractivity contribution < 1.29 is 19.3 Å². The van der Waals surface area contributed by atoms with Crippen LogP contribution in [0.15, 0.2) is 42.6 Å². The van der Waals surface area contributed by atoms with Crippen LogP contribution in [0.4, 0.5) is 11.8 Å². The Morgan fingerprint density at radius 2 is 1.85 bits per heavy atom. The van der Waals surface area contributed by atoms with Crippen molar-refractivity contribution in [3.05, 3.63) is 53.7 Å². The first-order valence-corrected chi connectivity index (χ1v) is 11.6. The minimum atomic E-state index is 0.0467. The molecule has 1 aliphatic carbocycles. The van der Waals surface area contributed by atoms with Crippen LogP contribution in [0.25, 0.3) is 11.1 Å². The predicted octanol–water partition coefficient (Wildman–Crippen LogP) is 4.20. The lowest BCUT2D eigenvalue weighted by Gasteiger charge is -2.24. The van der Waals surface area contributed by atoms with Gasteiger partial charge in [-0.15, -0.1) is 0 Å². The highest BCUT2D eigenvalue weighted by molar-refractivity contribution is 5.78. The van der Waals surface area contributed by atoms with Gasteiger partial charge in [0.25, 0.3) is 0 Å². The van der Waals surface area contributed by atoms with Crippen molar-refractivity contribution in [2.75, 3.05) is 31.8 Å². The Labute approximate surface area is 199 Å². The van der Waals surface area contributed by atoms with E-state index in [2.05, 4.69) is 9.97 Å². The number of anilines is 2. The molecule has 1 aromatic heterocycles. The molecule has 0 saturated heterocycles. The van der Waals surface area contributed by atoms with Gasteiger partial charge in [0.05, 0.1) is 18.8 Å². The molecule has 4 rings (SSSR count). The van der Waals surface area contributed by atoms with Crippen molar-refractivity contribution in [2.24, 2.45) is 5.92 Å². The van der Waals surface area contributed by atoms with Crippen LogP contribution in [0.2, 0.25) is 0 Å². The van der Waals surface area contributed by atoms with Crippen molar-refractivity contribution >= 4 is 11.8 Å². The second-order valence-corrected chi connectivity index (χ2v) is 8.57. The number of benzene rings is 2. The monoisotopic (exact) mass is 464 g/mol. The number of hydrogen-bond acceptors (Lipinski definition) is 8. The number of aromatic nitrogens is 2.